The number of nitrogens with one attached hydrogen (secondary N) is 5. The van der Waals surface area contributed by atoms with Crippen molar-refractivity contribution < 1.29 is 22.8 Å². The summed E-state index contributed by atoms with van der Waals surface area (Å²) in [7, 11) is 3.14. The van der Waals surface area contributed by atoms with Gasteiger partial charge in [-0.1, -0.05) is 18.2 Å². The van der Waals surface area contributed by atoms with Gasteiger partial charge in [0.15, 0.2) is 0 Å². The van der Waals surface area contributed by atoms with Crippen molar-refractivity contribution in [2.75, 3.05) is 24.7 Å². The van der Waals surface area contributed by atoms with E-state index in [2.05, 4.69) is 21.3 Å². The van der Waals surface area contributed by atoms with Crippen molar-refractivity contribution in [2.45, 2.75) is 12.6 Å². The number of alkyl halides is 3. The normalized spacial score (nSPS) is 11.1. The number of hydrogen-bond acceptors (Lipinski definition) is 5. The maximum Gasteiger partial charge on any atom is 0.416 e. The summed E-state index contributed by atoms with van der Waals surface area (Å²) in [6.45, 7) is 0. The minimum absolute atomic E-state index is 0.143. The van der Waals surface area contributed by atoms with Crippen LogP contribution in [-0.4, -0.2) is 31.7 Å². The molecule has 0 aliphatic carbocycles. The van der Waals surface area contributed by atoms with Crippen LogP contribution >= 0.6 is 0 Å². The molecule has 2 rings (SSSR count). The van der Waals surface area contributed by atoms with E-state index in [1.54, 1.807) is 25.2 Å². The molecule has 0 atom stereocenters. The molecule has 31 heavy (non-hydrogen) atoms. The summed E-state index contributed by atoms with van der Waals surface area (Å²) >= 11 is 0. The molecule has 0 aromatic heterocycles. The molecule has 0 saturated carbocycles. The van der Waals surface area contributed by atoms with E-state index in [1.165, 1.54) is 31.5 Å². The van der Waals surface area contributed by atoms with E-state index in [0.29, 0.717) is 16.8 Å². The third-order valence-corrected chi connectivity index (χ3v) is 4.19. The zero-order chi connectivity index (χ0) is 23.0. The number of rotatable bonds is 7. The fraction of sp³-hybridized carbons (Fsp3) is 0.190. The van der Waals surface area contributed by atoms with Gasteiger partial charge in [0.05, 0.1) is 17.5 Å². The van der Waals surface area contributed by atoms with Gasteiger partial charge < -0.3 is 21.3 Å². The molecule has 0 saturated heterocycles. The molecule has 0 spiro atoms. The number of carbonyl (C=O) groups excluding carboxylic acids is 2. The summed E-state index contributed by atoms with van der Waals surface area (Å²) in [6.07, 6.45) is -2.16. The van der Waals surface area contributed by atoms with Crippen LogP contribution in [0.5, 0.6) is 0 Å². The second kappa shape index (κ2) is 10.3. The predicted octanol–water partition coefficient (Wildman–Crippen LogP) is 3.37. The number of halogens is 3. The van der Waals surface area contributed by atoms with Crippen LogP contribution in [0.25, 0.3) is 0 Å². The lowest BCUT2D eigenvalue weighted by Gasteiger charge is -2.13. The molecule has 0 heterocycles. The van der Waals surface area contributed by atoms with Crippen LogP contribution in [-0.2, 0) is 17.4 Å². The Balaban J connectivity index is 2.00. The highest BCUT2D eigenvalue weighted by molar-refractivity contribution is 6.05. The molecule has 164 valence electrons. The van der Waals surface area contributed by atoms with Crippen molar-refractivity contribution in [3.63, 3.8) is 0 Å². The van der Waals surface area contributed by atoms with E-state index in [9.17, 15) is 22.8 Å². The number of anilines is 2. The van der Waals surface area contributed by atoms with Crippen LogP contribution in [0.3, 0.4) is 0 Å². The standard InChI is InChI=1S/C21H22F3N5O2/c1-26-16-8-3-5-13(19(16)20(31)27-2)11-18(30)29-17(25)9-10-28-15-7-4-6-14(12-15)21(22,23)24/h3-10,12,26,28H,11H2,1-2H3,(H,27,31)(H2,25,29,30)/b10-9-. The van der Waals surface area contributed by atoms with Gasteiger partial charge in [-0.15, -0.1) is 0 Å². The van der Waals surface area contributed by atoms with Crippen molar-refractivity contribution >= 4 is 29.0 Å². The van der Waals surface area contributed by atoms with Crippen molar-refractivity contribution in [3.8, 4) is 0 Å². The summed E-state index contributed by atoms with van der Waals surface area (Å²) in [6, 6.07) is 9.63. The minimum Gasteiger partial charge on any atom is -0.387 e. The monoisotopic (exact) mass is 433 g/mol. The average Bonchev–Trinajstić information content (AvgIpc) is 2.72. The first kappa shape index (κ1) is 23.5. The molecule has 0 bridgehead atoms. The second-order valence-corrected chi connectivity index (χ2v) is 6.36. The third-order valence-electron chi connectivity index (χ3n) is 4.19. The van der Waals surface area contributed by atoms with E-state index in [1.807, 2.05) is 0 Å². The smallest absolute Gasteiger partial charge is 0.387 e. The number of amidine groups is 1. The van der Waals surface area contributed by atoms with Gasteiger partial charge >= 0.3 is 6.18 Å². The molecule has 0 fully saturated rings. The van der Waals surface area contributed by atoms with Gasteiger partial charge in [0, 0.05) is 31.7 Å². The van der Waals surface area contributed by atoms with E-state index in [4.69, 9.17) is 5.41 Å². The Labute approximate surface area is 177 Å². The average molecular weight is 433 g/mol. The fourth-order valence-electron chi connectivity index (χ4n) is 2.76. The molecule has 0 unspecified atom stereocenters. The molecule has 0 aliphatic heterocycles. The zero-order valence-corrected chi connectivity index (χ0v) is 16.9. The van der Waals surface area contributed by atoms with Crippen molar-refractivity contribution in [3.05, 3.63) is 71.4 Å². The summed E-state index contributed by atoms with van der Waals surface area (Å²) in [5.41, 5.74) is 0.748. The van der Waals surface area contributed by atoms with Crippen LogP contribution in [0.4, 0.5) is 24.5 Å². The molecule has 2 amide bonds. The van der Waals surface area contributed by atoms with Crippen LogP contribution in [0, 0.1) is 5.41 Å². The second-order valence-electron chi connectivity index (χ2n) is 6.36. The van der Waals surface area contributed by atoms with E-state index in [0.717, 1.165) is 12.1 Å². The van der Waals surface area contributed by atoms with Gasteiger partial charge in [-0.05, 0) is 35.9 Å². The molecule has 0 radical (unpaired) electrons. The summed E-state index contributed by atoms with van der Waals surface area (Å²) in [4.78, 5) is 24.5. The van der Waals surface area contributed by atoms with E-state index < -0.39 is 17.6 Å². The van der Waals surface area contributed by atoms with Gasteiger partial charge in [-0.25, -0.2) is 0 Å². The highest BCUT2D eigenvalue weighted by Crippen LogP contribution is 2.30. The Morgan fingerprint density at radius 1 is 1.10 bits per heavy atom. The number of amides is 2. The van der Waals surface area contributed by atoms with Gasteiger partial charge in [-0.2, -0.15) is 13.2 Å². The summed E-state index contributed by atoms with van der Waals surface area (Å²) < 4.78 is 38.2. The Hall–Kier alpha value is -3.82. The van der Waals surface area contributed by atoms with Crippen LogP contribution in [0.1, 0.15) is 21.5 Å². The minimum atomic E-state index is -4.46. The Kier molecular flexibility index (Phi) is 7.78. The number of carbonyl (C=O) groups is 2. The lowest BCUT2D eigenvalue weighted by Crippen LogP contribution is -2.31. The van der Waals surface area contributed by atoms with Crippen molar-refractivity contribution in [2.24, 2.45) is 0 Å². The topological polar surface area (TPSA) is 106 Å². The van der Waals surface area contributed by atoms with Crippen LogP contribution in [0.2, 0.25) is 0 Å². The lowest BCUT2D eigenvalue weighted by molar-refractivity contribution is -0.137. The predicted molar refractivity (Wildman–Crippen MR) is 113 cm³/mol. The number of hydrogen-bond donors (Lipinski definition) is 5. The largest absolute Gasteiger partial charge is 0.416 e. The Bertz CT molecular complexity index is 1000. The first-order chi connectivity index (χ1) is 14.7. The molecule has 7 nitrogen and oxygen atoms in total. The van der Waals surface area contributed by atoms with E-state index in [-0.39, 0.29) is 23.9 Å². The summed E-state index contributed by atoms with van der Waals surface area (Å²) in [5.74, 6) is -1.14. The maximum atomic E-state index is 12.7. The Morgan fingerprint density at radius 3 is 2.45 bits per heavy atom. The molecule has 2 aromatic carbocycles. The van der Waals surface area contributed by atoms with E-state index >= 15 is 0 Å². The van der Waals surface area contributed by atoms with Crippen molar-refractivity contribution in [1.29, 1.82) is 5.41 Å². The first-order valence-corrected chi connectivity index (χ1v) is 9.16. The molecule has 2 aromatic rings. The zero-order valence-electron chi connectivity index (χ0n) is 16.9. The molecule has 5 N–H and O–H groups in total. The highest BCUT2D eigenvalue weighted by atomic mass is 19.4. The molecular formula is C21H22F3N5O2. The van der Waals surface area contributed by atoms with Crippen LogP contribution < -0.4 is 21.3 Å². The molecule has 10 heteroatoms. The van der Waals surface area contributed by atoms with Gasteiger partial charge in [0.1, 0.15) is 5.84 Å². The van der Waals surface area contributed by atoms with Gasteiger partial charge in [-0.3, -0.25) is 15.0 Å². The van der Waals surface area contributed by atoms with Gasteiger partial charge in [0.25, 0.3) is 5.91 Å². The lowest BCUT2D eigenvalue weighted by atomic mass is 10.0. The number of benzene rings is 2. The fourth-order valence-corrected chi connectivity index (χ4v) is 2.76. The quantitative estimate of drug-likeness (QED) is 0.341. The summed E-state index contributed by atoms with van der Waals surface area (Å²) in [5, 5.41) is 18.2. The molecular weight excluding hydrogens is 411 g/mol. The Morgan fingerprint density at radius 2 is 1.81 bits per heavy atom. The maximum absolute atomic E-state index is 12.7. The van der Waals surface area contributed by atoms with Crippen LogP contribution in [0.15, 0.2) is 54.7 Å². The van der Waals surface area contributed by atoms with Crippen molar-refractivity contribution in [1.82, 2.24) is 10.6 Å². The SMILES string of the molecule is CNC(=O)c1c(CC(=O)NC(=N)/C=C\Nc2cccc(C(F)(F)F)c2)cccc1NC. The first-order valence-electron chi connectivity index (χ1n) is 9.16. The highest BCUT2D eigenvalue weighted by Gasteiger charge is 2.30. The van der Waals surface area contributed by atoms with Gasteiger partial charge in [0.2, 0.25) is 5.91 Å². The molecule has 0 aliphatic rings. The third kappa shape index (κ3) is 6.59.